The van der Waals surface area contributed by atoms with Crippen LogP contribution in [0.5, 0.6) is 0 Å². The molecule has 0 aromatic heterocycles. The van der Waals surface area contributed by atoms with Crippen LogP contribution in [0.15, 0.2) is 11.6 Å². The minimum atomic E-state index is -0.924. The zero-order chi connectivity index (χ0) is 6.57. The third kappa shape index (κ3) is 1.73. The second-order valence-corrected chi connectivity index (χ2v) is 1.34. The highest BCUT2D eigenvalue weighted by Gasteiger charge is 2.02. The van der Waals surface area contributed by atoms with Crippen molar-refractivity contribution in [2.24, 2.45) is 0 Å². The fraction of sp³-hybridized carbons (Fsp3) is 0.400. The summed E-state index contributed by atoms with van der Waals surface area (Å²) in [5.74, 6) is -0.924. The van der Waals surface area contributed by atoms with Crippen molar-refractivity contribution in [1.29, 1.82) is 0 Å². The molecule has 2 nitrogen and oxygen atoms in total. The van der Waals surface area contributed by atoms with Crippen LogP contribution < -0.4 is 0 Å². The molecule has 3 heteroatoms. The Bertz CT molecular complexity index is 118. The van der Waals surface area contributed by atoms with Gasteiger partial charge in [0.2, 0.25) is 0 Å². The highest BCUT2D eigenvalue weighted by atomic mass is 19.3. The molecule has 0 atom stereocenters. The van der Waals surface area contributed by atoms with Gasteiger partial charge in [0.1, 0.15) is 0 Å². The maximum absolute atomic E-state index is 10.9. The van der Waals surface area contributed by atoms with Gasteiger partial charge in [-0.2, -0.15) is 0 Å². The van der Waals surface area contributed by atoms with E-state index in [0.29, 0.717) is 0 Å². The molecule has 0 heterocycles. The van der Waals surface area contributed by atoms with Gasteiger partial charge in [-0.3, -0.25) is 0 Å². The predicted molar refractivity (Wildman–Crippen MR) is 26.6 cm³/mol. The second kappa shape index (κ2) is 3.18. The number of rotatable bonds is 1. The number of hydrogen-bond acceptors (Lipinski definition) is 2. The number of hydrogen-bond donors (Lipinski definition) is 0. The van der Waals surface area contributed by atoms with E-state index in [2.05, 4.69) is 4.94 Å². The maximum atomic E-state index is 10.9. The van der Waals surface area contributed by atoms with Crippen LogP contribution >= 0.6 is 0 Å². The molecule has 0 unspecified atom stereocenters. The lowest BCUT2D eigenvalue weighted by molar-refractivity contribution is -0.178. The Balaban J connectivity index is 3.83. The summed E-state index contributed by atoms with van der Waals surface area (Å²) in [4.78, 5) is 13.0. The van der Waals surface area contributed by atoms with Crippen LogP contribution in [0.4, 0.5) is 4.53 Å². The van der Waals surface area contributed by atoms with Crippen LogP contribution in [0.3, 0.4) is 0 Å². The van der Waals surface area contributed by atoms with Crippen LogP contribution in [0.1, 0.15) is 13.8 Å². The lowest BCUT2D eigenvalue weighted by Crippen LogP contribution is -1.97. The smallest absolute Gasteiger partial charge is 0.250 e. The molecular formula is C5H7FO2. The summed E-state index contributed by atoms with van der Waals surface area (Å²) >= 11 is 0. The number of halogens is 1. The monoisotopic (exact) mass is 118 g/mol. The first-order valence-electron chi connectivity index (χ1n) is 2.18. The van der Waals surface area contributed by atoms with E-state index in [0.717, 1.165) is 0 Å². The van der Waals surface area contributed by atoms with Crippen LogP contribution in [0, 0.1) is 0 Å². The normalized spacial score (nSPS) is 11.1. The van der Waals surface area contributed by atoms with Crippen LogP contribution in [0.2, 0.25) is 0 Å². The van der Waals surface area contributed by atoms with Gasteiger partial charge in [0.15, 0.2) is 0 Å². The standard InChI is InChI=1S/C5H7FO2/c1-3-4(2)5(7)8-6/h3H,1-2H3. The van der Waals surface area contributed by atoms with E-state index in [9.17, 15) is 9.32 Å². The van der Waals surface area contributed by atoms with Crippen molar-refractivity contribution in [2.75, 3.05) is 0 Å². The molecule has 0 fully saturated rings. The number of allylic oxidation sites excluding steroid dienone is 1. The van der Waals surface area contributed by atoms with E-state index in [1.165, 1.54) is 13.0 Å². The van der Waals surface area contributed by atoms with Gasteiger partial charge in [-0.1, -0.05) is 6.08 Å². The molecule has 0 saturated heterocycles. The van der Waals surface area contributed by atoms with Crippen LogP contribution in [0.25, 0.3) is 0 Å². The molecule has 0 aliphatic carbocycles. The van der Waals surface area contributed by atoms with Crippen molar-refractivity contribution in [3.63, 3.8) is 0 Å². The van der Waals surface area contributed by atoms with Crippen molar-refractivity contribution in [2.45, 2.75) is 13.8 Å². The largest absolute Gasteiger partial charge is 0.374 e. The van der Waals surface area contributed by atoms with Gasteiger partial charge in [-0.15, -0.1) is 0 Å². The Morgan fingerprint density at radius 3 is 2.38 bits per heavy atom. The lowest BCUT2D eigenvalue weighted by atomic mass is 10.3. The van der Waals surface area contributed by atoms with Gasteiger partial charge >= 0.3 is 5.97 Å². The van der Waals surface area contributed by atoms with E-state index in [-0.39, 0.29) is 5.57 Å². The average Bonchev–Trinajstić information content (AvgIpc) is 1.84. The minimum absolute atomic E-state index is 0.271. The summed E-state index contributed by atoms with van der Waals surface area (Å²) in [7, 11) is 0. The summed E-state index contributed by atoms with van der Waals surface area (Å²) < 4.78 is 10.9. The third-order valence-electron chi connectivity index (χ3n) is 0.825. The molecule has 8 heavy (non-hydrogen) atoms. The van der Waals surface area contributed by atoms with E-state index in [1.54, 1.807) is 6.92 Å². The van der Waals surface area contributed by atoms with E-state index < -0.39 is 5.97 Å². The minimum Gasteiger partial charge on any atom is -0.250 e. The van der Waals surface area contributed by atoms with Crippen molar-refractivity contribution >= 4 is 5.97 Å². The zero-order valence-electron chi connectivity index (χ0n) is 4.77. The molecule has 0 aromatic carbocycles. The summed E-state index contributed by atoms with van der Waals surface area (Å²) in [6.07, 6.45) is 1.47. The number of carbonyl (C=O) groups is 1. The first-order chi connectivity index (χ1) is 3.72. The van der Waals surface area contributed by atoms with E-state index in [1.807, 2.05) is 0 Å². The van der Waals surface area contributed by atoms with Gasteiger partial charge in [0, 0.05) is 10.1 Å². The molecule has 46 valence electrons. The van der Waals surface area contributed by atoms with Crippen LogP contribution in [-0.2, 0) is 9.74 Å². The van der Waals surface area contributed by atoms with Gasteiger partial charge in [-0.05, 0) is 13.8 Å². The highest BCUT2D eigenvalue weighted by molar-refractivity contribution is 5.87. The SMILES string of the molecule is CC=C(C)C(=O)OF. The molecule has 0 aliphatic rings. The second-order valence-electron chi connectivity index (χ2n) is 1.34. The molecule has 0 N–H and O–H groups in total. The molecule has 0 saturated carbocycles. The molecule has 0 radical (unpaired) electrons. The molecular weight excluding hydrogens is 111 g/mol. The highest BCUT2D eigenvalue weighted by Crippen LogP contribution is 1.94. The van der Waals surface area contributed by atoms with Crippen LogP contribution in [-0.4, -0.2) is 5.97 Å². The first-order valence-corrected chi connectivity index (χ1v) is 2.18. The fourth-order valence-corrected chi connectivity index (χ4v) is 0.179. The Kier molecular flexibility index (Phi) is 2.84. The zero-order valence-corrected chi connectivity index (χ0v) is 4.77. The molecule has 0 amide bonds. The summed E-state index contributed by atoms with van der Waals surface area (Å²) in [5, 5.41) is 0. The van der Waals surface area contributed by atoms with Gasteiger partial charge in [-0.25, -0.2) is 9.74 Å². The van der Waals surface area contributed by atoms with Gasteiger partial charge in [0.25, 0.3) is 0 Å². The van der Waals surface area contributed by atoms with Gasteiger partial charge < -0.3 is 0 Å². The summed E-state index contributed by atoms with van der Waals surface area (Å²) in [6, 6.07) is 0. The predicted octanol–water partition coefficient (Wildman–Crippen LogP) is 1.38. The van der Waals surface area contributed by atoms with Gasteiger partial charge in [0.05, 0.1) is 0 Å². The Hall–Kier alpha value is -0.860. The van der Waals surface area contributed by atoms with Crippen molar-refractivity contribution in [1.82, 2.24) is 0 Å². The van der Waals surface area contributed by atoms with Crippen molar-refractivity contribution in [3.8, 4) is 0 Å². The summed E-state index contributed by atoms with van der Waals surface area (Å²) in [6.45, 7) is 3.11. The lowest BCUT2D eigenvalue weighted by Gasteiger charge is -1.87. The molecule has 0 aromatic rings. The molecule has 0 rings (SSSR count). The van der Waals surface area contributed by atoms with E-state index in [4.69, 9.17) is 0 Å². The first kappa shape index (κ1) is 7.14. The topological polar surface area (TPSA) is 26.3 Å². The van der Waals surface area contributed by atoms with Crippen molar-refractivity contribution < 1.29 is 14.3 Å². The summed E-state index contributed by atoms with van der Waals surface area (Å²) in [5.41, 5.74) is 0.271. The maximum Gasteiger partial charge on any atom is 0.374 e. The Labute approximate surface area is 46.9 Å². The Morgan fingerprint density at radius 2 is 2.25 bits per heavy atom. The van der Waals surface area contributed by atoms with E-state index >= 15 is 0 Å². The average molecular weight is 118 g/mol. The number of carbonyl (C=O) groups excluding carboxylic acids is 1. The molecule has 0 aliphatic heterocycles. The molecule has 0 spiro atoms. The van der Waals surface area contributed by atoms with Crippen molar-refractivity contribution in [3.05, 3.63) is 11.6 Å². The Morgan fingerprint density at radius 1 is 1.75 bits per heavy atom. The fourth-order valence-electron chi connectivity index (χ4n) is 0.179. The third-order valence-corrected chi connectivity index (χ3v) is 0.825. The quantitative estimate of drug-likeness (QED) is 0.486. The molecule has 0 bridgehead atoms.